The lowest BCUT2D eigenvalue weighted by Crippen LogP contribution is -2.41. The summed E-state index contributed by atoms with van der Waals surface area (Å²) < 4.78 is 51.0. The highest BCUT2D eigenvalue weighted by molar-refractivity contribution is 7.89. The Bertz CT molecular complexity index is 1850. The van der Waals surface area contributed by atoms with Crippen LogP contribution in [0.5, 0.6) is 17.2 Å². The van der Waals surface area contributed by atoms with Crippen molar-refractivity contribution in [2.45, 2.75) is 23.8 Å². The molecule has 2 amide bonds. The number of carbonyl (C=O) groups excluding carboxylic acids is 2. The lowest BCUT2D eigenvalue weighted by molar-refractivity contribution is 0.0689. The molecule has 0 aliphatic carbocycles. The summed E-state index contributed by atoms with van der Waals surface area (Å²) in [5.41, 5.74) is 2.38. The van der Waals surface area contributed by atoms with Gasteiger partial charge in [0, 0.05) is 19.3 Å². The summed E-state index contributed by atoms with van der Waals surface area (Å²) in [7, 11) is -4.17. The number of nitrogens with two attached hydrogens (primary N) is 1. The Labute approximate surface area is 247 Å². The van der Waals surface area contributed by atoms with Crippen molar-refractivity contribution in [2.24, 2.45) is 5.14 Å². The fourth-order valence-corrected chi connectivity index (χ4v) is 5.86. The highest BCUT2D eigenvalue weighted by Gasteiger charge is 2.34. The minimum Gasteiger partial charge on any atom is -0.494 e. The lowest BCUT2D eigenvalue weighted by Gasteiger charge is -2.38. The maximum atomic E-state index is 15.0. The molecule has 1 unspecified atom stereocenters. The van der Waals surface area contributed by atoms with Gasteiger partial charge in [-0.1, -0.05) is 18.2 Å². The second kappa shape index (κ2) is 11.5. The van der Waals surface area contributed by atoms with Crippen molar-refractivity contribution in [3.8, 4) is 17.2 Å². The largest absolute Gasteiger partial charge is 0.494 e. The van der Waals surface area contributed by atoms with E-state index in [9.17, 15) is 22.4 Å². The minimum absolute atomic E-state index is 0.210. The molecule has 3 N–H and O–H groups in total. The van der Waals surface area contributed by atoms with Crippen LogP contribution in [0.1, 0.15) is 49.9 Å². The van der Waals surface area contributed by atoms with Crippen LogP contribution in [-0.2, 0) is 16.4 Å². The summed E-state index contributed by atoms with van der Waals surface area (Å²) in [4.78, 5) is 31.8. The molecule has 0 fully saturated rings. The van der Waals surface area contributed by atoms with Crippen LogP contribution in [0.15, 0.2) is 84.0 Å². The van der Waals surface area contributed by atoms with Crippen LogP contribution >= 0.6 is 0 Å². The Morgan fingerprint density at radius 3 is 2.72 bits per heavy atom. The number of rotatable bonds is 2. The van der Waals surface area contributed by atoms with Crippen LogP contribution in [0.25, 0.3) is 0 Å². The average Bonchev–Trinajstić information content (AvgIpc) is 2.99. The second-order valence-corrected chi connectivity index (χ2v) is 11.8. The van der Waals surface area contributed by atoms with Gasteiger partial charge in [-0.2, -0.15) is 0 Å². The first-order valence-corrected chi connectivity index (χ1v) is 15.1. The summed E-state index contributed by atoms with van der Waals surface area (Å²) in [5.74, 6) is -0.340. The number of nitrogens with zero attached hydrogens (tertiary/aromatic N) is 2. The van der Waals surface area contributed by atoms with Gasteiger partial charge in [0.1, 0.15) is 23.1 Å². The van der Waals surface area contributed by atoms with Gasteiger partial charge in [-0.05, 0) is 78.1 Å². The van der Waals surface area contributed by atoms with Crippen molar-refractivity contribution in [1.29, 1.82) is 0 Å². The average molecular weight is 603 g/mol. The molecule has 0 saturated heterocycles. The molecule has 0 radical (unpaired) electrons. The molecule has 3 aliphatic rings. The van der Waals surface area contributed by atoms with E-state index in [0.717, 1.165) is 34.9 Å². The van der Waals surface area contributed by atoms with Gasteiger partial charge in [-0.3, -0.25) is 14.6 Å². The third-order valence-corrected chi connectivity index (χ3v) is 8.27. The molecule has 1 atom stereocenters. The van der Waals surface area contributed by atoms with Crippen LogP contribution < -0.4 is 19.9 Å². The topological polar surface area (TPSA) is 141 Å². The number of pyridine rings is 1. The van der Waals surface area contributed by atoms with E-state index in [1.165, 1.54) is 17.3 Å². The quantitative estimate of drug-likeness (QED) is 0.354. The molecule has 3 aliphatic heterocycles. The third-order valence-electron chi connectivity index (χ3n) is 7.36. The number of ether oxygens (including phenoxy) is 2. The summed E-state index contributed by atoms with van der Waals surface area (Å²) in [6, 6.07) is 16.6. The molecule has 1 aromatic heterocycles. The molecule has 10 nitrogen and oxygen atoms in total. The minimum atomic E-state index is -4.17. The molecule has 7 rings (SSSR count). The second-order valence-electron chi connectivity index (χ2n) is 10.2. The van der Waals surface area contributed by atoms with Crippen LogP contribution in [0.2, 0.25) is 0 Å². The number of fused-ring (bicyclic) bond motifs is 6. The van der Waals surface area contributed by atoms with Crippen LogP contribution in [-0.4, -0.2) is 49.8 Å². The van der Waals surface area contributed by atoms with Gasteiger partial charge in [0.15, 0.2) is 0 Å². The number of nitrogens with one attached hydrogen (secondary N) is 1. The van der Waals surface area contributed by atoms with Crippen molar-refractivity contribution >= 4 is 21.8 Å². The van der Waals surface area contributed by atoms with Gasteiger partial charge in [0.2, 0.25) is 10.0 Å². The van der Waals surface area contributed by atoms with Gasteiger partial charge in [0.05, 0.1) is 34.9 Å². The molecule has 12 heteroatoms. The fraction of sp³-hybridized carbons (Fsp3) is 0.194. The molecular weight excluding hydrogens is 575 g/mol. The predicted molar refractivity (Wildman–Crippen MR) is 154 cm³/mol. The number of amides is 2. The Kier molecular flexibility index (Phi) is 7.55. The Balaban J connectivity index is 1.44. The Morgan fingerprint density at radius 2 is 1.88 bits per heavy atom. The first-order chi connectivity index (χ1) is 20.7. The maximum Gasteiger partial charge on any atom is 0.257 e. The Morgan fingerprint density at radius 1 is 1.02 bits per heavy atom. The molecule has 220 valence electrons. The van der Waals surface area contributed by atoms with Crippen molar-refractivity contribution in [3.63, 3.8) is 0 Å². The molecule has 8 bridgehead atoms. The molecular formula is C31H27FN4O6S. The van der Waals surface area contributed by atoms with Crippen molar-refractivity contribution in [2.75, 3.05) is 19.7 Å². The third kappa shape index (κ3) is 5.92. The number of hydrogen-bond acceptors (Lipinski definition) is 7. The monoisotopic (exact) mass is 602 g/mol. The lowest BCUT2D eigenvalue weighted by atomic mass is 9.87. The first kappa shape index (κ1) is 28.3. The van der Waals surface area contributed by atoms with Gasteiger partial charge in [-0.15, -0.1) is 0 Å². The zero-order valence-electron chi connectivity index (χ0n) is 22.8. The van der Waals surface area contributed by atoms with Gasteiger partial charge in [-0.25, -0.2) is 17.9 Å². The smallest absolute Gasteiger partial charge is 0.257 e. The summed E-state index contributed by atoms with van der Waals surface area (Å²) in [6.07, 6.45) is 3.94. The summed E-state index contributed by atoms with van der Waals surface area (Å²) in [5, 5.41) is 8.11. The van der Waals surface area contributed by atoms with E-state index >= 15 is 0 Å². The number of benzene rings is 3. The van der Waals surface area contributed by atoms with E-state index < -0.39 is 33.4 Å². The van der Waals surface area contributed by atoms with Gasteiger partial charge >= 0.3 is 0 Å². The zero-order chi connectivity index (χ0) is 30.1. The highest BCUT2D eigenvalue weighted by Crippen LogP contribution is 2.39. The van der Waals surface area contributed by atoms with Crippen LogP contribution in [0, 0.1) is 5.82 Å². The first-order valence-electron chi connectivity index (χ1n) is 13.6. The van der Waals surface area contributed by atoms with Crippen LogP contribution in [0.4, 0.5) is 4.39 Å². The van der Waals surface area contributed by atoms with E-state index in [4.69, 9.17) is 14.6 Å². The van der Waals surface area contributed by atoms with Crippen molar-refractivity contribution in [1.82, 2.24) is 15.2 Å². The SMILES string of the molecule is NS(=O)(=O)c1ccc(F)c(C(=O)N2CCc3cc4ccc3C2c2cccc(c2)OCCCNC(=O)c2cncc(c2)O4)c1. The summed E-state index contributed by atoms with van der Waals surface area (Å²) in [6.45, 7) is 0.910. The number of sulfonamides is 1. The molecule has 43 heavy (non-hydrogen) atoms. The number of aromatic nitrogens is 1. The predicted octanol–water partition coefficient (Wildman–Crippen LogP) is 3.96. The molecule has 0 saturated carbocycles. The molecule has 0 spiro atoms. The zero-order valence-corrected chi connectivity index (χ0v) is 23.6. The fourth-order valence-electron chi connectivity index (χ4n) is 5.32. The number of primary sulfonamides is 1. The summed E-state index contributed by atoms with van der Waals surface area (Å²) >= 11 is 0. The molecule has 4 heterocycles. The van der Waals surface area contributed by atoms with Crippen LogP contribution in [0.3, 0.4) is 0 Å². The molecule has 4 aromatic rings. The number of carbonyl (C=O) groups is 2. The van der Waals surface area contributed by atoms with Gasteiger partial charge < -0.3 is 19.7 Å². The van der Waals surface area contributed by atoms with E-state index in [2.05, 4.69) is 10.3 Å². The standard InChI is InChI=1S/C31H27FN4O6S/c32-28-8-6-25(43(33,39)40)16-27(28)31(38)36-11-9-19-13-23-5-7-26(19)29(36)20-3-1-4-22(14-20)41-12-2-10-35-30(37)21-15-24(42-23)18-34-17-21/h1,3-8,13-18,29H,2,9-12H2,(H,35,37)(H2,33,39,40). The van der Waals surface area contributed by atoms with Crippen molar-refractivity contribution in [3.05, 3.63) is 113 Å². The van der Waals surface area contributed by atoms with Gasteiger partial charge in [0.25, 0.3) is 11.8 Å². The number of halogens is 1. The number of hydrogen-bond donors (Lipinski definition) is 2. The maximum absolute atomic E-state index is 15.0. The van der Waals surface area contributed by atoms with E-state index in [1.54, 1.807) is 24.3 Å². The van der Waals surface area contributed by atoms with Crippen molar-refractivity contribution < 1.29 is 31.9 Å². The van der Waals surface area contributed by atoms with E-state index in [-0.39, 0.29) is 17.3 Å². The van der Waals surface area contributed by atoms with E-state index in [1.807, 2.05) is 24.3 Å². The van der Waals surface area contributed by atoms with E-state index in [0.29, 0.717) is 48.8 Å². The molecule has 3 aromatic carbocycles. The normalized spacial score (nSPS) is 16.7. The Hall–Kier alpha value is -4.81. The highest BCUT2D eigenvalue weighted by atomic mass is 32.2.